The molecule has 1 aliphatic rings. The molecule has 0 unspecified atom stereocenters. The number of rotatable bonds is 4. The molecule has 5 heteroatoms. The quantitative estimate of drug-likeness (QED) is 0.896. The van der Waals surface area contributed by atoms with E-state index < -0.39 is 11.7 Å². The maximum absolute atomic E-state index is 11.9. The number of ether oxygens (including phenoxy) is 1. The molecule has 22 heavy (non-hydrogen) atoms. The highest BCUT2D eigenvalue weighted by molar-refractivity contribution is 5.94. The molecule has 2 N–H and O–H groups in total. The fourth-order valence-electron chi connectivity index (χ4n) is 2.17. The highest BCUT2D eigenvalue weighted by Gasteiger charge is 2.39. The van der Waals surface area contributed by atoms with Gasteiger partial charge in [0, 0.05) is 18.2 Å². The Labute approximate surface area is 131 Å². The lowest BCUT2D eigenvalue weighted by Crippen LogP contribution is -2.32. The number of hydrogen-bond donors (Lipinski definition) is 2. The Kier molecular flexibility index (Phi) is 4.74. The molecule has 1 aromatic rings. The molecular formula is C17H24N2O3. The van der Waals surface area contributed by atoms with Crippen LogP contribution in [0.3, 0.4) is 0 Å². The van der Waals surface area contributed by atoms with Crippen LogP contribution in [0.2, 0.25) is 0 Å². The van der Waals surface area contributed by atoms with Crippen molar-refractivity contribution in [2.75, 3.05) is 5.32 Å². The van der Waals surface area contributed by atoms with Gasteiger partial charge in [0.1, 0.15) is 5.60 Å². The van der Waals surface area contributed by atoms with Crippen molar-refractivity contribution in [3.8, 4) is 0 Å². The average molecular weight is 304 g/mol. The van der Waals surface area contributed by atoms with Crippen LogP contribution in [-0.2, 0) is 16.1 Å². The fraction of sp³-hybridized carbons (Fsp3) is 0.529. The van der Waals surface area contributed by atoms with Crippen molar-refractivity contribution in [1.82, 2.24) is 5.32 Å². The molecule has 2 atom stereocenters. The number of anilines is 1. The van der Waals surface area contributed by atoms with E-state index in [1.165, 1.54) is 0 Å². The third-order valence-electron chi connectivity index (χ3n) is 3.48. The number of benzene rings is 1. The van der Waals surface area contributed by atoms with Gasteiger partial charge in [0.05, 0.1) is 0 Å². The first-order chi connectivity index (χ1) is 10.2. The first-order valence-electron chi connectivity index (χ1n) is 7.61. The minimum absolute atomic E-state index is 0.0738. The smallest absolute Gasteiger partial charge is 0.407 e. The van der Waals surface area contributed by atoms with Gasteiger partial charge in [0.15, 0.2) is 0 Å². The van der Waals surface area contributed by atoms with Gasteiger partial charge in [-0.2, -0.15) is 0 Å². The van der Waals surface area contributed by atoms with Crippen molar-refractivity contribution in [2.24, 2.45) is 11.8 Å². The van der Waals surface area contributed by atoms with E-state index >= 15 is 0 Å². The molecular weight excluding hydrogens is 280 g/mol. The number of alkyl carbamates (subject to hydrolysis) is 1. The number of nitrogens with one attached hydrogen (secondary N) is 2. The van der Waals surface area contributed by atoms with Crippen LogP contribution in [0.15, 0.2) is 24.3 Å². The van der Waals surface area contributed by atoms with E-state index in [1.54, 1.807) is 0 Å². The molecule has 0 heterocycles. The largest absolute Gasteiger partial charge is 0.444 e. The van der Waals surface area contributed by atoms with Crippen LogP contribution in [0.1, 0.15) is 39.7 Å². The number of carbonyl (C=O) groups is 2. The van der Waals surface area contributed by atoms with Gasteiger partial charge in [0.25, 0.3) is 0 Å². The van der Waals surface area contributed by atoms with E-state index in [9.17, 15) is 9.59 Å². The van der Waals surface area contributed by atoms with Crippen molar-refractivity contribution >= 4 is 17.7 Å². The number of amides is 2. The summed E-state index contributed by atoms with van der Waals surface area (Å²) in [4.78, 5) is 23.5. The minimum atomic E-state index is -0.513. The second-order valence-corrected chi connectivity index (χ2v) is 6.86. The van der Waals surface area contributed by atoms with Crippen LogP contribution in [0.25, 0.3) is 0 Å². The lowest BCUT2D eigenvalue weighted by molar-refractivity contribution is -0.117. The Balaban J connectivity index is 1.86. The van der Waals surface area contributed by atoms with Crippen LogP contribution < -0.4 is 10.6 Å². The van der Waals surface area contributed by atoms with Gasteiger partial charge < -0.3 is 15.4 Å². The van der Waals surface area contributed by atoms with E-state index in [4.69, 9.17) is 4.74 Å². The molecule has 1 saturated carbocycles. The summed E-state index contributed by atoms with van der Waals surface area (Å²) in [6.45, 7) is 7.90. The predicted octanol–water partition coefficient (Wildman–Crippen LogP) is 3.31. The van der Waals surface area contributed by atoms with Gasteiger partial charge in [-0.15, -0.1) is 0 Å². The van der Waals surface area contributed by atoms with Gasteiger partial charge in [-0.1, -0.05) is 19.1 Å². The van der Waals surface area contributed by atoms with E-state index in [0.717, 1.165) is 17.7 Å². The van der Waals surface area contributed by atoms with Crippen molar-refractivity contribution in [1.29, 1.82) is 0 Å². The summed E-state index contributed by atoms with van der Waals surface area (Å²) in [5, 5.41) is 5.62. The van der Waals surface area contributed by atoms with Crippen molar-refractivity contribution in [3.05, 3.63) is 29.8 Å². The first kappa shape index (κ1) is 16.3. The van der Waals surface area contributed by atoms with Crippen LogP contribution in [0.5, 0.6) is 0 Å². The molecule has 0 spiro atoms. The molecule has 1 aromatic carbocycles. The van der Waals surface area contributed by atoms with E-state index in [2.05, 4.69) is 17.6 Å². The third-order valence-corrected chi connectivity index (χ3v) is 3.48. The molecule has 1 aliphatic carbocycles. The molecule has 1 fully saturated rings. The first-order valence-corrected chi connectivity index (χ1v) is 7.61. The maximum Gasteiger partial charge on any atom is 0.407 e. The second kappa shape index (κ2) is 6.38. The van der Waals surface area contributed by atoms with E-state index in [-0.39, 0.29) is 11.8 Å². The number of carbonyl (C=O) groups excluding carboxylic acids is 2. The fourth-order valence-corrected chi connectivity index (χ4v) is 2.17. The minimum Gasteiger partial charge on any atom is -0.444 e. The van der Waals surface area contributed by atoms with Crippen molar-refractivity contribution in [3.63, 3.8) is 0 Å². The van der Waals surface area contributed by atoms with Gasteiger partial charge in [-0.25, -0.2) is 4.79 Å². The summed E-state index contributed by atoms with van der Waals surface area (Å²) < 4.78 is 5.19. The lowest BCUT2D eigenvalue weighted by atomic mass is 10.2. The Morgan fingerprint density at radius 2 is 2.00 bits per heavy atom. The van der Waals surface area contributed by atoms with E-state index in [1.807, 2.05) is 45.0 Å². The average Bonchev–Trinajstić information content (AvgIpc) is 3.12. The Bertz CT molecular complexity index is 563. The lowest BCUT2D eigenvalue weighted by Gasteiger charge is -2.19. The Morgan fingerprint density at radius 3 is 2.59 bits per heavy atom. The number of hydrogen-bond acceptors (Lipinski definition) is 3. The third kappa shape index (κ3) is 5.06. The van der Waals surface area contributed by atoms with Crippen LogP contribution in [0.4, 0.5) is 10.5 Å². The van der Waals surface area contributed by atoms with Crippen LogP contribution in [0, 0.1) is 11.8 Å². The summed E-state index contributed by atoms with van der Waals surface area (Å²) in [6.07, 6.45) is 0.514. The summed E-state index contributed by atoms with van der Waals surface area (Å²) in [7, 11) is 0. The maximum atomic E-state index is 11.9. The molecule has 0 aromatic heterocycles. The normalized spacial score (nSPS) is 20.2. The highest BCUT2D eigenvalue weighted by atomic mass is 16.6. The monoisotopic (exact) mass is 304 g/mol. The zero-order chi connectivity index (χ0) is 16.3. The van der Waals surface area contributed by atoms with Gasteiger partial charge >= 0.3 is 6.09 Å². The van der Waals surface area contributed by atoms with E-state index in [0.29, 0.717) is 12.5 Å². The zero-order valence-electron chi connectivity index (χ0n) is 13.6. The molecule has 0 saturated heterocycles. The topological polar surface area (TPSA) is 67.4 Å². The van der Waals surface area contributed by atoms with Crippen LogP contribution >= 0.6 is 0 Å². The van der Waals surface area contributed by atoms with Crippen LogP contribution in [-0.4, -0.2) is 17.6 Å². The summed E-state index contributed by atoms with van der Waals surface area (Å²) in [5.74, 6) is 0.699. The van der Waals surface area contributed by atoms with Gasteiger partial charge in [-0.05, 0) is 50.8 Å². The molecule has 0 bridgehead atoms. The summed E-state index contributed by atoms with van der Waals surface area (Å²) in [5.41, 5.74) is 1.15. The second-order valence-electron chi connectivity index (χ2n) is 6.86. The Hall–Kier alpha value is -2.04. The SMILES string of the molecule is C[C@H]1C[C@@H]1C(=O)Nc1cccc(CNC(=O)OC(C)(C)C)c1. The summed E-state index contributed by atoms with van der Waals surface area (Å²) >= 11 is 0. The van der Waals surface area contributed by atoms with Crippen molar-refractivity contribution in [2.45, 2.75) is 46.3 Å². The molecule has 120 valence electrons. The molecule has 2 rings (SSSR count). The Morgan fingerprint density at radius 1 is 1.32 bits per heavy atom. The molecule has 0 radical (unpaired) electrons. The molecule has 2 amide bonds. The van der Waals surface area contributed by atoms with Crippen molar-refractivity contribution < 1.29 is 14.3 Å². The summed E-state index contributed by atoms with van der Waals surface area (Å²) in [6, 6.07) is 7.47. The van der Waals surface area contributed by atoms with Gasteiger partial charge in [-0.3, -0.25) is 4.79 Å². The predicted molar refractivity (Wildman–Crippen MR) is 85.4 cm³/mol. The molecule has 5 nitrogen and oxygen atoms in total. The highest BCUT2D eigenvalue weighted by Crippen LogP contribution is 2.38. The molecule has 0 aliphatic heterocycles. The zero-order valence-corrected chi connectivity index (χ0v) is 13.6. The van der Waals surface area contributed by atoms with Gasteiger partial charge in [0.2, 0.25) is 5.91 Å². The standard InChI is InChI=1S/C17H24N2O3/c1-11-8-14(11)15(20)19-13-7-5-6-12(9-13)10-18-16(21)22-17(2,3)4/h5-7,9,11,14H,8,10H2,1-4H3,(H,18,21)(H,19,20)/t11-,14-/m0/s1.